The van der Waals surface area contributed by atoms with Crippen LogP contribution in [-0.4, -0.2) is 33.3 Å². The van der Waals surface area contributed by atoms with E-state index in [4.69, 9.17) is 5.73 Å². The zero-order chi connectivity index (χ0) is 12.3. The van der Waals surface area contributed by atoms with Crippen molar-refractivity contribution in [2.75, 3.05) is 13.1 Å². The van der Waals surface area contributed by atoms with E-state index >= 15 is 0 Å². The highest BCUT2D eigenvalue weighted by molar-refractivity contribution is 5.06. The molecule has 4 nitrogen and oxygen atoms in total. The highest BCUT2D eigenvalue weighted by Crippen LogP contribution is 2.35. The minimum absolute atomic E-state index is 0.241. The molecule has 2 rings (SSSR count). The third-order valence-corrected chi connectivity index (χ3v) is 4.10. The van der Waals surface area contributed by atoms with Gasteiger partial charge < -0.3 is 5.73 Å². The predicted octanol–water partition coefficient (Wildman–Crippen LogP) is 1.51. The van der Waals surface area contributed by atoms with E-state index in [0.29, 0.717) is 0 Å². The van der Waals surface area contributed by atoms with Crippen LogP contribution in [-0.2, 0) is 13.6 Å². The van der Waals surface area contributed by atoms with Crippen LogP contribution in [0.5, 0.6) is 0 Å². The van der Waals surface area contributed by atoms with Crippen molar-refractivity contribution in [3.8, 4) is 0 Å². The minimum Gasteiger partial charge on any atom is -0.329 e. The fourth-order valence-electron chi connectivity index (χ4n) is 3.07. The Morgan fingerprint density at radius 1 is 1.47 bits per heavy atom. The zero-order valence-corrected chi connectivity index (χ0v) is 11.0. The van der Waals surface area contributed by atoms with E-state index in [1.807, 2.05) is 17.9 Å². The van der Waals surface area contributed by atoms with Gasteiger partial charge in [0.2, 0.25) is 0 Å². The molecule has 1 aromatic rings. The third-order valence-electron chi connectivity index (χ3n) is 4.10. The van der Waals surface area contributed by atoms with Crippen molar-refractivity contribution in [3.05, 3.63) is 18.0 Å². The summed E-state index contributed by atoms with van der Waals surface area (Å²) in [5, 5.41) is 4.24. The summed E-state index contributed by atoms with van der Waals surface area (Å²) in [7, 11) is 1.97. The first-order chi connectivity index (χ1) is 8.20. The molecule has 0 atom stereocenters. The number of rotatable bonds is 5. The van der Waals surface area contributed by atoms with E-state index in [0.717, 1.165) is 19.6 Å². The Labute approximate surface area is 104 Å². The van der Waals surface area contributed by atoms with E-state index < -0.39 is 0 Å². The Kier molecular flexibility index (Phi) is 3.84. The second kappa shape index (κ2) is 5.19. The van der Waals surface area contributed by atoms with Crippen LogP contribution < -0.4 is 5.73 Å². The number of likely N-dealkylation sites (N-methyl/N-ethyl adjacent to an activating group) is 1. The molecule has 0 bridgehead atoms. The molecule has 0 aromatic carbocycles. The maximum atomic E-state index is 6.04. The summed E-state index contributed by atoms with van der Waals surface area (Å²) < 4.78 is 1.87. The Balaban J connectivity index is 2.10. The van der Waals surface area contributed by atoms with Crippen molar-refractivity contribution in [1.82, 2.24) is 14.7 Å². The molecule has 1 fully saturated rings. The minimum atomic E-state index is 0.241. The predicted molar refractivity (Wildman–Crippen MR) is 69.5 cm³/mol. The molecule has 1 aliphatic rings. The van der Waals surface area contributed by atoms with Gasteiger partial charge in [-0.25, -0.2) is 0 Å². The van der Waals surface area contributed by atoms with E-state index in [1.54, 1.807) is 0 Å². The van der Waals surface area contributed by atoms with Crippen LogP contribution in [0, 0.1) is 0 Å². The topological polar surface area (TPSA) is 47.1 Å². The average molecular weight is 236 g/mol. The van der Waals surface area contributed by atoms with Gasteiger partial charge in [-0.2, -0.15) is 5.10 Å². The SMILES string of the molecule is CCN(Cc1cnn(C)c1)C1(CN)CCCC1. The lowest BCUT2D eigenvalue weighted by atomic mass is 9.94. The van der Waals surface area contributed by atoms with Crippen molar-refractivity contribution in [2.24, 2.45) is 12.8 Å². The highest BCUT2D eigenvalue weighted by Gasteiger charge is 2.37. The highest BCUT2D eigenvalue weighted by atomic mass is 15.3. The van der Waals surface area contributed by atoms with Crippen LogP contribution in [0.4, 0.5) is 0 Å². The Bertz CT molecular complexity index is 352. The lowest BCUT2D eigenvalue weighted by Gasteiger charge is -2.40. The number of aryl methyl sites for hydroxylation is 1. The summed E-state index contributed by atoms with van der Waals surface area (Å²) in [5.41, 5.74) is 7.57. The monoisotopic (exact) mass is 236 g/mol. The Morgan fingerprint density at radius 3 is 2.65 bits per heavy atom. The summed E-state index contributed by atoms with van der Waals surface area (Å²) >= 11 is 0. The van der Waals surface area contributed by atoms with Gasteiger partial charge in [-0.15, -0.1) is 0 Å². The van der Waals surface area contributed by atoms with Crippen LogP contribution in [0.15, 0.2) is 12.4 Å². The van der Waals surface area contributed by atoms with Gasteiger partial charge in [0.1, 0.15) is 0 Å². The Hall–Kier alpha value is -0.870. The fourth-order valence-corrected chi connectivity index (χ4v) is 3.07. The van der Waals surface area contributed by atoms with Gasteiger partial charge in [0.15, 0.2) is 0 Å². The first-order valence-corrected chi connectivity index (χ1v) is 6.63. The van der Waals surface area contributed by atoms with Gasteiger partial charge in [0.25, 0.3) is 0 Å². The molecular formula is C13H24N4. The van der Waals surface area contributed by atoms with Crippen LogP contribution in [0.2, 0.25) is 0 Å². The third kappa shape index (κ3) is 2.53. The molecule has 0 amide bonds. The molecule has 0 unspecified atom stereocenters. The average Bonchev–Trinajstić information content (AvgIpc) is 2.95. The molecule has 4 heteroatoms. The van der Waals surface area contributed by atoms with E-state index in [2.05, 4.69) is 23.1 Å². The molecule has 0 saturated heterocycles. The van der Waals surface area contributed by atoms with Gasteiger partial charge in [0.05, 0.1) is 6.20 Å². The van der Waals surface area contributed by atoms with Crippen LogP contribution in [0.3, 0.4) is 0 Å². The molecule has 1 heterocycles. The molecule has 0 spiro atoms. The summed E-state index contributed by atoms with van der Waals surface area (Å²) in [6, 6.07) is 0. The second-order valence-electron chi connectivity index (χ2n) is 5.17. The number of nitrogens with zero attached hydrogens (tertiary/aromatic N) is 3. The molecule has 2 N–H and O–H groups in total. The summed E-state index contributed by atoms with van der Waals surface area (Å²) in [4.78, 5) is 2.54. The summed E-state index contributed by atoms with van der Waals surface area (Å²) in [6.45, 7) is 5.04. The fraction of sp³-hybridized carbons (Fsp3) is 0.769. The lowest BCUT2D eigenvalue weighted by Crippen LogP contribution is -2.51. The molecule has 1 aliphatic carbocycles. The van der Waals surface area contributed by atoms with E-state index in [-0.39, 0.29) is 5.54 Å². The lowest BCUT2D eigenvalue weighted by molar-refractivity contribution is 0.0971. The summed E-state index contributed by atoms with van der Waals surface area (Å²) in [5.74, 6) is 0. The molecule has 96 valence electrons. The van der Waals surface area contributed by atoms with Crippen molar-refractivity contribution in [1.29, 1.82) is 0 Å². The first-order valence-electron chi connectivity index (χ1n) is 6.63. The van der Waals surface area contributed by atoms with Crippen molar-refractivity contribution in [3.63, 3.8) is 0 Å². The number of hydrogen-bond donors (Lipinski definition) is 1. The van der Waals surface area contributed by atoms with Crippen LogP contribution in [0.25, 0.3) is 0 Å². The Morgan fingerprint density at radius 2 is 2.18 bits per heavy atom. The van der Waals surface area contributed by atoms with Gasteiger partial charge in [-0.3, -0.25) is 9.58 Å². The molecule has 1 saturated carbocycles. The van der Waals surface area contributed by atoms with Crippen LogP contribution in [0.1, 0.15) is 38.2 Å². The largest absolute Gasteiger partial charge is 0.329 e. The molecule has 0 aliphatic heterocycles. The normalized spacial score (nSPS) is 19.1. The maximum Gasteiger partial charge on any atom is 0.0534 e. The second-order valence-corrected chi connectivity index (χ2v) is 5.17. The van der Waals surface area contributed by atoms with Gasteiger partial charge in [-0.05, 0) is 19.4 Å². The molecule has 17 heavy (non-hydrogen) atoms. The standard InChI is InChI=1S/C13H24N4/c1-3-17(10-12-8-15-16(2)9-12)13(11-14)6-4-5-7-13/h8-9H,3-7,10-11,14H2,1-2H3. The molecule has 0 radical (unpaired) electrons. The van der Waals surface area contributed by atoms with Crippen LogP contribution >= 0.6 is 0 Å². The number of nitrogens with two attached hydrogens (primary N) is 1. The van der Waals surface area contributed by atoms with E-state index in [9.17, 15) is 0 Å². The van der Waals surface area contributed by atoms with Crippen molar-refractivity contribution < 1.29 is 0 Å². The van der Waals surface area contributed by atoms with E-state index in [1.165, 1.54) is 31.2 Å². The van der Waals surface area contributed by atoms with Gasteiger partial charge in [0, 0.05) is 37.4 Å². The zero-order valence-electron chi connectivity index (χ0n) is 11.0. The van der Waals surface area contributed by atoms with Crippen molar-refractivity contribution >= 4 is 0 Å². The quantitative estimate of drug-likeness (QED) is 0.843. The van der Waals surface area contributed by atoms with Crippen molar-refractivity contribution in [2.45, 2.75) is 44.7 Å². The smallest absolute Gasteiger partial charge is 0.0534 e. The molecular weight excluding hydrogens is 212 g/mol. The molecule has 1 aromatic heterocycles. The summed E-state index contributed by atoms with van der Waals surface area (Å²) in [6.07, 6.45) is 9.19. The number of hydrogen-bond acceptors (Lipinski definition) is 3. The maximum absolute atomic E-state index is 6.04. The first kappa shape index (κ1) is 12.6. The number of aromatic nitrogens is 2. The van der Waals surface area contributed by atoms with Gasteiger partial charge in [-0.1, -0.05) is 19.8 Å². The van der Waals surface area contributed by atoms with Gasteiger partial charge >= 0.3 is 0 Å².